The molecule has 8 aromatic carbocycles. The van der Waals surface area contributed by atoms with Gasteiger partial charge in [0.1, 0.15) is 11.2 Å². The molecule has 0 spiro atoms. The van der Waals surface area contributed by atoms with E-state index in [4.69, 9.17) is 4.42 Å². The van der Waals surface area contributed by atoms with Gasteiger partial charge >= 0.3 is 0 Å². The van der Waals surface area contributed by atoms with Gasteiger partial charge in [-0.2, -0.15) is 0 Å². The molecule has 0 radical (unpaired) electrons. The van der Waals surface area contributed by atoms with E-state index in [9.17, 15) is 0 Å². The Balaban J connectivity index is 1.08. The third-order valence-corrected chi connectivity index (χ3v) is 10.9. The second-order valence-electron chi connectivity index (χ2n) is 12.6. The van der Waals surface area contributed by atoms with Gasteiger partial charge in [0.2, 0.25) is 0 Å². The first kappa shape index (κ1) is 27.9. The van der Waals surface area contributed by atoms with Crippen LogP contribution >= 0.6 is 11.3 Å². The average Bonchev–Trinajstić information content (AvgIpc) is 3.74. The van der Waals surface area contributed by atoms with E-state index in [1.807, 2.05) is 23.5 Å². The van der Waals surface area contributed by atoms with Crippen LogP contribution in [-0.4, -0.2) is 0 Å². The normalized spacial score (nSPS) is 11.7. The quantitative estimate of drug-likeness (QED) is 0.186. The molecule has 2 heterocycles. The van der Waals surface area contributed by atoms with Gasteiger partial charge in [-0.25, -0.2) is 0 Å². The molecular weight excluding hydrogens is 615 g/mol. The van der Waals surface area contributed by atoms with E-state index in [0.717, 1.165) is 39.0 Å². The summed E-state index contributed by atoms with van der Waals surface area (Å²) in [7, 11) is 0. The SMILES string of the molecule is c1ccc(-c2cccc(N(c3ccc(-c4ccc5c(c4)sc4c6ccccc6ccc54)cc3)c3ccc4c(c3)oc3ccccc34)c2)cc1. The predicted octanol–water partition coefficient (Wildman–Crippen LogP) is 13.9. The van der Waals surface area contributed by atoms with E-state index in [0.29, 0.717) is 0 Å². The summed E-state index contributed by atoms with van der Waals surface area (Å²) in [5.41, 5.74) is 9.77. The lowest BCUT2D eigenvalue weighted by atomic mass is 10.0. The number of hydrogen-bond acceptors (Lipinski definition) is 3. The number of furan rings is 1. The fourth-order valence-corrected chi connectivity index (χ4v) is 8.52. The Hall–Kier alpha value is -6.16. The van der Waals surface area contributed by atoms with Gasteiger partial charge in [-0.3, -0.25) is 0 Å². The molecule has 0 saturated carbocycles. The lowest BCUT2D eigenvalue weighted by Gasteiger charge is -2.26. The summed E-state index contributed by atoms with van der Waals surface area (Å²) < 4.78 is 9.01. The molecule has 0 bridgehead atoms. The highest BCUT2D eigenvalue weighted by Gasteiger charge is 2.17. The fraction of sp³-hybridized carbons (Fsp3) is 0. The van der Waals surface area contributed by atoms with Crippen molar-refractivity contribution in [1.82, 2.24) is 0 Å². The average molecular weight is 644 g/mol. The molecule has 230 valence electrons. The van der Waals surface area contributed by atoms with Gasteiger partial charge in [0.15, 0.2) is 0 Å². The standard InChI is InChI=1S/C46H29NOS/c1-2-9-30(10-3-1)33-12-8-13-36(27-33)47(37-23-26-40-39-15-6-7-16-43(39)48-44(40)29-37)35-21-17-31(18-22-35)34-20-24-41-42-25-19-32-11-4-5-14-38(32)46(42)49-45(41)28-34/h1-29H. The van der Waals surface area contributed by atoms with E-state index in [2.05, 4.69) is 169 Å². The molecule has 2 nitrogen and oxygen atoms in total. The molecule has 2 aromatic heterocycles. The van der Waals surface area contributed by atoms with Crippen LogP contribution in [0.1, 0.15) is 0 Å². The van der Waals surface area contributed by atoms with Crippen molar-refractivity contribution >= 4 is 81.3 Å². The van der Waals surface area contributed by atoms with Crippen LogP contribution in [0.3, 0.4) is 0 Å². The summed E-state index contributed by atoms with van der Waals surface area (Å²) in [5.74, 6) is 0. The molecule has 10 rings (SSSR count). The number of benzene rings is 8. The summed E-state index contributed by atoms with van der Waals surface area (Å²) in [5, 5.41) is 7.51. The van der Waals surface area contributed by atoms with E-state index in [-0.39, 0.29) is 0 Å². The molecule has 0 aliphatic carbocycles. The van der Waals surface area contributed by atoms with Crippen LogP contribution in [0, 0.1) is 0 Å². The Labute approximate surface area is 287 Å². The maximum Gasteiger partial charge on any atom is 0.137 e. The minimum Gasteiger partial charge on any atom is -0.456 e. The van der Waals surface area contributed by atoms with E-state index < -0.39 is 0 Å². The number of anilines is 3. The van der Waals surface area contributed by atoms with Crippen LogP contribution < -0.4 is 4.90 Å². The minimum atomic E-state index is 0.879. The second kappa shape index (κ2) is 11.2. The Bertz CT molecular complexity index is 2830. The van der Waals surface area contributed by atoms with Gasteiger partial charge in [0.25, 0.3) is 0 Å². The van der Waals surface area contributed by atoms with Gasteiger partial charge < -0.3 is 9.32 Å². The van der Waals surface area contributed by atoms with Gasteiger partial charge in [0, 0.05) is 54.1 Å². The summed E-state index contributed by atoms with van der Waals surface area (Å²) >= 11 is 1.89. The third-order valence-electron chi connectivity index (χ3n) is 9.65. The van der Waals surface area contributed by atoms with Crippen LogP contribution in [0.15, 0.2) is 180 Å². The largest absolute Gasteiger partial charge is 0.456 e. The van der Waals surface area contributed by atoms with E-state index >= 15 is 0 Å². The first-order valence-corrected chi connectivity index (χ1v) is 17.4. The number of hydrogen-bond donors (Lipinski definition) is 0. The van der Waals surface area contributed by atoms with Gasteiger partial charge in [0.05, 0.1) is 0 Å². The minimum absolute atomic E-state index is 0.879. The molecule has 10 aromatic rings. The zero-order valence-corrected chi connectivity index (χ0v) is 27.3. The first-order chi connectivity index (χ1) is 24.3. The van der Waals surface area contributed by atoms with Gasteiger partial charge in [-0.1, -0.05) is 121 Å². The molecular formula is C46H29NOS. The lowest BCUT2D eigenvalue weighted by Crippen LogP contribution is -2.10. The topological polar surface area (TPSA) is 16.4 Å². The molecule has 0 amide bonds. The summed E-state index contributed by atoms with van der Waals surface area (Å²) in [4.78, 5) is 2.32. The molecule has 0 atom stereocenters. The van der Waals surface area contributed by atoms with Crippen molar-refractivity contribution < 1.29 is 4.42 Å². The van der Waals surface area contributed by atoms with Crippen LogP contribution in [0.4, 0.5) is 17.1 Å². The smallest absolute Gasteiger partial charge is 0.137 e. The third kappa shape index (κ3) is 4.70. The Morgan fingerprint density at radius 1 is 0.367 bits per heavy atom. The number of thiophene rings is 1. The van der Waals surface area contributed by atoms with Crippen molar-refractivity contribution in [1.29, 1.82) is 0 Å². The Morgan fingerprint density at radius 2 is 1.00 bits per heavy atom. The number of nitrogens with zero attached hydrogens (tertiary/aromatic N) is 1. The van der Waals surface area contributed by atoms with Crippen LogP contribution in [0.5, 0.6) is 0 Å². The summed E-state index contributed by atoms with van der Waals surface area (Å²) in [6, 6.07) is 63.2. The first-order valence-electron chi connectivity index (χ1n) is 16.6. The van der Waals surface area contributed by atoms with Gasteiger partial charge in [-0.05, 0) is 81.6 Å². The van der Waals surface area contributed by atoms with Crippen molar-refractivity contribution in [2.45, 2.75) is 0 Å². The number of rotatable bonds is 5. The number of para-hydroxylation sites is 1. The maximum atomic E-state index is 6.34. The zero-order valence-electron chi connectivity index (χ0n) is 26.5. The lowest BCUT2D eigenvalue weighted by molar-refractivity contribution is 0.669. The molecule has 0 fully saturated rings. The molecule has 0 aliphatic rings. The van der Waals surface area contributed by atoms with Crippen molar-refractivity contribution in [3.8, 4) is 22.3 Å². The Kier molecular flexibility index (Phi) is 6.39. The van der Waals surface area contributed by atoms with Crippen LogP contribution in [0.25, 0.3) is 75.1 Å². The molecule has 49 heavy (non-hydrogen) atoms. The molecule has 0 aliphatic heterocycles. The van der Waals surface area contributed by atoms with Crippen molar-refractivity contribution in [2.75, 3.05) is 4.90 Å². The highest BCUT2D eigenvalue weighted by atomic mass is 32.1. The summed E-state index contributed by atoms with van der Waals surface area (Å²) in [6.45, 7) is 0. The highest BCUT2D eigenvalue weighted by Crippen LogP contribution is 2.42. The predicted molar refractivity (Wildman–Crippen MR) is 210 cm³/mol. The van der Waals surface area contributed by atoms with Crippen molar-refractivity contribution in [3.63, 3.8) is 0 Å². The molecule has 0 saturated heterocycles. The second-order valence-corrected chi connectivity index (χ2v) is 13.6. The van der Waals surface area contributed by atoms with E-state index in [1.54, 1.807) is 0 Å². The van der Waals surface area contributed by atoms with Crippen molar-refractivity contribution in [2.24, 2.45) is 0 Å². The maximum absolute atomic E-state index is 6.34. The zero-order chi connectivity index (χ0) is 32.3. The molecule has 0 N–H and O–H groups in total. The molecule has 3 heteroatoms. The monoisotopic (exact) mass is 643 g/mol. The van der Waals surface area contributed by atoms with Gasteiger partial charge in [-0.15, -0.1) is 11.3 Å². The molecule has 0 unspecified atom stereocenters. The van der Waals surface area contributed by atoms with E-state index in [1.165, 1.54) is 53.2 Å². The van der Waals surface area contributed by atoms with Crippen LogP contribution in [-0.2, 0) is 0 Å². The summed E-state index contributed by atoms with van der Waals surface area (Å²) in [6.07, 6.45) is 0. The highest BCUT2D eigenvalue weighted by molar-refractivity contribution is 7.26. The van der Waals surface area contributed by atoms with Crippen molar-refractivity contribution in [3.05, 3.63) is 176 Å². The fourth-order valence-electron chi connectivity index (χ4n) is 7.24. The van der Waals surface area contributed by atoms with Crippen LogP contribution in [0.2, 0.25) is 0 Å². The number of fused-ring (bicyclic) bond motifs is 8. The Morgan fingerprint density at radius 3 is 1.90 bits per heavy atom.